The molecule has 3 heterocycles. The second-order valence-electron chi connectivity index (χ2n) is 11.3. The molecule has 8 heteroatoms. The van der Waals surface area contributed by atoms with E-state index in [9.17, 15) is 19.2 Å². The van der Waals surface area contributed by atoms with E-state index in [0.717, 1.165) is 53.3 Å². The van der Waals surface area contributed by atoms with Gasteiger partial charge in [0, 0.05) is 52.2 Å². The summed E-state index contributed by atoms with van der Waals surface area (Å²) in [7, 11) is 0. The topological polar surface area (TPSA) is 115 Å². The van der Waals surface area contributed by atoms with Crippen molar-refractivity contribution in [3.63, 3.8) is 0 Å². The molecule has 3 aromatic heterocycles. The first-order valence-corrected chi connectivity index (χ1v) is 14.0. The van der Waals surface area contributed by atoms with E-state index in [1.54, 1.807) is 23.0 Å². The molecule has 0 atom stereocenters. The Morgan fingerprint density at radius 2 is 1.41 bits per heavy atom. The predicted octanol–water partition coefficient (Wildman–Crippen LogP) is 5.68. The maximum absolute atomic E-state index is 12.8. The Hall–Kier alpha value is -4.59. The average Bonchev–Trinajstić information content (AvgIpc) is 3.89. The highest BCUT2D eigenvalue weighted by Crippen LogP contribution is 2.35. The lowest BCUT2D eigenvalue weighted by molar-refractivity contribution is 0.0961. The third-order valence-electron chi connectivity index (χ3n) is 7.73. The van der Waals surface area contributed by atoms with Crippen LogP contribution in [0.4, 0.5) is 0 Å². The first-order chi connectivity index (χ1) is 19.7. The van der Waals surface area contributed by atoms with Gasteiger partial charge in [0.25, 0.3) is 11.1 Å². The Kier molecular flexibility index (Phi) is 6.77. The largest absolute Gasteiger partial charge is 0.359 e. The van der Waals surface area contributed by atoms with Crippen LogP contribution in [0.2, 0.25) is 0 Å². The smallest absolute Gasteiger partial charge is 0.258 e. The van der Waals surface area contributed by atoms with Crippen LogP contribution in [-0.2, 0) is 6.54 Å². The number of pyridine rings is 2. The number of carbonyl (C=O) groups is 2. The van der Waals surface area contributed by atoms with Crippen molar-refractivity contribution in [1.82, 2.24) is 14.7 Å². The number of aryl methyl sites for hydroxylation is 3. The fraction of sp³-hybridized carbons (Fsp3) is 0.303. The predicted molar refractivity (Wildman–Crippen MR) is 157 cm³/mol. The van der Waals surface area contributed by atoms with E-state index in [1.807, 2.05) is 57.2 Å². The Balaban J connectivity index is 0.000000156. The van der Waals surface area contributed by atoms with Gasteiger partial charge in [0.2, 0.25) is 0 Å². The van der Waals surface area contributed by atoms with Crippen molar-refractivity contribution in [3.05, 3.63) is 109 Å². The van der Waals surface area contributed by atoms with Crippen LogP contribution in [0, 0.1) is 32.6 Å². The van der Waals surface area contributed by atoms with Crippen LogP contribution in [0.5, 0.6) is 0 Å². The SMILES string of the molecule is Cc1ccc2c(C(=O)C3CC3)c[nH]c(=O)c2c1.Cc1ccc2c(C(=O)C3CC3)cn(Cc3cc(C)no3)c(=O)c2c1. The number of ketones is 2. The van der Waals surface area contributed by atoms with Crippen molar-refractivity contribution in [2.24, 2.45) is 11.8 Å². The number of nitrogens with zero attached hydrogens (tertiary/aromatic N) is 2. The van der Waals surface area contributed by atoms with Crippen LogP contribution in [0.1, 0.15) is 69.0 Å². The number of fused-ring (bicyclic) bond motifs is 2. The molecule has 208 valence electrons. The highest BCUT2D eigenvalue weighted by Gasteiger charge is 2.32. The van der Waals surface area contributed by atoms with Gasteiger partial charge >= 0.3 is 0 Å². The van der Waals surface area contributed by atoms with Gasteiger partial charge < -0.3 is 14.1 Å². The molecule has 0 amide bonds. The number of aromatic amines is 1. The number of hydrogen-bond donors (Lipinski definition) is 1. The summed E-state index contributed by atoms with van der Waals surface area (Å²) >= 11 is 0. The van der Waals surface area contributed by atoms with Gasteiger partial charge in [-0.1, -0.05) is 40.5 Å². The van der Waals surface area contributed by atoms with Gasteiger partial charge in [-0.25, -0.2) is 0 Å². The minimum Gasteiger partial charge on any atom is -0.359 e. The van der Waals surface area contributed by atoms with E-state index in [-0.39, 0.29) is 41.1 Å². The molecule has 0 saturated heterocycles. The highest BCUT2D eigenvalue weighted by atomic mass is 16.5. The number of carbonyl (C=O) groups excluding carboxylic acids is 2. The Morgan fingerprint density at radius 3 is 2.00 bits per heavy atom. The normalized spacial score (nSPS) is 14.6. The second-order valence-corrected chi connectivity index (χ2v) is 11.3. The van der Waals surface area contributed by atoms with Crippen LogP contribution in [0.25, 0.3) is 21.5 Å². The molecule has 0 radical (unpaired) electrons. The van der Waals surface area contributed by atoms with Crippen molar-refractivity contribution in [2.45, 2.75) is 53.0 Å². The summed E-state index contributed by atoms with van der Waals surface area (Å²) in [6, 6.07) is 13.1. The van der Waals surface area contributed by atoms with E-state index in [1.165, 1.54) is 0 Å². The molecular weight excluding hydrogens is 518 g/mol. The lowest BCUT2D eigenvalue weighted by Crippen LogP contribution is -2.23. The maximum Gasteiger partial charge on any atom is 0.258 e. The van der Waals surface area contributed by atoms with Crippen molar-refractivity contribution in [1.29, 1.82) is 0 Å². The van der Waals surface area contributed by atoms with E-state index in [2.05, 4.69) is 10.1 Å². The summed E-state index contributed by atoms with van der Waals surface area (Å²) < 4.78 is 6.78. The van der Waals surface area contributed by atoms with Crippen LogP contribution >= 0.6 is 0 Å². The number of aromatic nitrogens is 3. The summed E-state index contributed by atoms with van der Waals surface area (Å²) in [6.45, 7) is 5.99. The molecule has 41 heavy (non-hydrogen) atoms. The highest BCUT2D eigenvalue weighted by molar-refractivity contribution is 6.10. The van der Waals surface area contributed by atoms with Gasteiger partial charge in [-0.3, -0.25) is 19.2 Å². The van der Waals surface area contributed by atoms with Crippen LogP contribution in [0.15, 0.2) is 69.0 Å². The molecule has 0 bridgehead atoms. The zero-order valence-corrected chi connectivity index (χ0v) is 23.3. The average molecular weight is 550 g/mol. The number of rotatable bonds is 6. The van der Waals surface area contributed by atoms with Crippen molar-refractivity contribution in [2.75, 3.05) is 0 Å². The molecule has 2 aliphatic rings. The van der Waals surface area contributed by atoms with Crippen LogP contribution in [0.3, 0.4) is 0 Å². The first kappa shape index (κ1) is 26.6. The van der Waals surface area contributed by atoms with E-state index in [4.69, 9.17) is 4.52 Å². The molecule has 8 nitrogen and oxygen atoms in total. The number of benzene rings is 2. The quantitative estimate of drug-likeness (QED) is 0.273. The summed E-state index contributed by atoms with van der Waals surface area (Å²) in [5, 5.41) is 6.56. The molecule has 1 N–H and O–H groups in total. The van der Waals surface area contributed by atoms with E-state index >= 15 is 0 Å². The summed E-state index contributed by atoms with van der Waals surface area (Å²) in [5.41, 5.74) is 3.83. The summed E-state index contributed by atoms with van der Waals surface area (Å²) in [6.07, 6.45) is 7.06. The van der Waals surface area contributed by atoms with E-state index in [0.29, 0.717) is 27.7 Å². The third-order valence-corrected chi connectivity index (χ3v) is 7.73. The maximum atomic E-state index is 12.8. The van der Waals surface area contributed by atoms with Gasteiger partial charge in [0.05, 0.1) is 12.2 Å². The zero-order valence-electron chi connectivity index (χ0n) is 23.3. The lowest BCUT2D eigenvalue weighted by Gasteiger charge is -2.11. The van der Waals surface area contributed by atoms with Crippen molar-refractivity contribution < 1.29 is 14.1 Å². The zero-order chi connectivity index (χ0) is 28.8. The van der Waals surface area contributed by atoms with Crippen molar-refractivity contribution >= 4 is 33.1 Å². The monoisotopic (exact) mass is 549 g/mol. The fourth-order valence-electron chi connectivity index (χ4n) is 5.19. The Morgan fingerprint density at radius 1 is 0.829 bits per heavy atom. The minimum atomic E-state index is -0.129. The van der Waals surface area contributed by atoms with Gasteiger partial charge in [0.1, 0.15) is 0 Å². The van der Waals surface area contributed by atoms with Gasteiger partial charge in [0.15, 0.2) is 17.3 Å². The molecule has 2 fully saturated rings. The molecule has 0 spiro atoms. The second kappa shape index (κ2) is 10.4. The minimum absolute atomic E-state index is 0.105. The molecule has 0 aliphatic heterocycles. The van der Waals surface area contributed by atoms with Crippen molar-refractivity contribution in [3.8, 4) is 0 Å². The number of Topliss-reactive ketones (excluding diaryl/α,β-unsaturated/α-hetero) is 2. The summed E-state index contributed by atoms with van der Waals surface area (Å²) in [5.74, 6) is 1.17. The number of nitrogens with one attached hydrogen (secondary N) is 1. The van der Waals surface area contributed by atoms with E-state index < -0.39 is 0 Å². The molecular formula is C33H31N3O5. The fourth-order valence-corrected chi connectivity index (χ4v) is 5.19. The summed E-state index contributed by atoms with van der Waals surface area (Å²) in [4.78, 5) is 52.0. The molecule has 0 unspecified atom stereocenters. The molecule has 7 rings (SSSR count). The molecule has 5 aromatic rings. The molecule has 2 saturated carbocycles. The van der Waals surface area contributed by atoms with Crippen LogP contribution in [-0.4, -0.2) is 26.3 Å². The number of H-pyrrole nitrogens is 1. The van der Waals surface area contributed by atoms with Crippen LogP contribution < -0.4 is 11.1 Å². The third kappa shape index (κ3) is 5.42. The standard InChI is InChI=1S/C19H18N2O3.C14H13NO2/c1-11-3-6-15-16(7-11)19(23)21(9-14-8-12(2)20-24-14)10-17(15)18(22)13-4-5-13;1-8-2-5-10-11(6-8)14(17)15-7-12(10)13(16)9-3-4-9/h3,6-8,10,13H,4-5,9H2,1-2H3;2,5-7,9H,3-4H2,1H3,(H,15,17). The Labute approximate surface area is 236 Å². The first-order valence-electron chi connectivity index (χ1n) is 14.0. The molecule has 2 aromatic carbocycles. The van der Waals surface area contributed by atoms with Gasteiger partial charge in [-0.05, 0) is 69.4 Å². The number of hydrogen-bond acceptors (Lipinski definition) is 6. The molecule has 2 aliphatic carbocycles. The Bertz CT molecular complexity index is 1950. The van der Waals surface area contributed by atoms with Gasteiger partial charge in [-0.15, -0.1) is 0 Å². The van der Waals surface area contributed by atoms with Gasteiger partial charge in [-0.2, -0.15) is 0 Å². The lowest BCUT2D eigenvalue weighted by atomic mass is 10.00.